The number of fused-ring (bicyclic) bond motifs is 1. The van der Waals surface area contributed by atoms with Crippen LogP contribution in [0.1, 0.15) is 12.5 Å². The Morgan fingerprint density at radius 3 is 3.07 bits per heavy atom. The van der Waals surface area contributed by atoms with Crippen molar-refractivity contribution < 1.29 is 9.13 Å². The molecule has 0 aromatic heterocycles. The molecule has 1 heterocycles. The Morgan fingerprint density at radius 1 is 1.57 bits per heavy atom. The maximum absolute atomic E-state index is 12.9. The zero-order valence-electron chi connectivity index (χ0n) is 8.38. The Kier molecular flexibility index (Phi) is 2.42. The summed E-state index contributed by atoms with van der Waals surface area (Å²) in [6.45, 7) is 2.06. The van der Waals surface area contributed by atoms with Crippen LogP contribution in [0.2, 0.25) is 0 Å². The van der Waals surface area contributed by atoms with E-state index in [1.54, 1.807) is 12.1 Å². The van der Waals surface area contributed by atoms with Gasteiger partial charge in [-0.15, -0.1) is 0 Å². The van der Waals surface area contributed by atoms with Gasteiger partial charge in [-0.05, 0) is 32.2 Å². The molecule has 0 saturated heterocycles. The fraction of sp³-hybridized carbons (Fsp3) is 0.455. The van der Waals surface area contributed by atoms with Crippen LogP contribution in [0.5, 0.6) is 5.75 Å². The van der Waals surface area contributed by atoms with E-state index in [0.29, 0.717) is 0 Å². The molecule has 76 valence electrons. The number of ether oxygens (including phenoxy) is 1. The van der Waals surface area contributed by atoms with Gasteiger partial charge in [-0.2, -0.15) is 0 Å². The van der Waals surface area contributed by atoms with Crippen molar-refractivity contribution in [2.24, 2.45) is 0 Å². The molecular weight excluding hydrogens is 181 g/mol. The molecule has 0 fully saturated rings. The van der Waals surface area contributed by atoms with Gasteiger partial charge in [0.2, 0.25) is 0 Å². The van der Waals surface area contributed by atoms with Crippen molar-refractivity contribution in [2.75, 3.05) is 7.05 Å². The summed E-state index contributed by atoms with van der Waals surface area (Å²) in [4.78, 5) is 0. The van der Waals surface area contributed by atoms with Gasteiger partial charge in [-0.25, -0.2) is 4.39 Å². The Balaban J connectivity index is 2.17. The van der Waals surface area contributed by atoms with E-state index in [0.717, 1.165) is 17.7 Å². The molecule has 1 aromatic rings. The van der Waals surface area contributed by atoms with Crippen molar-refractivity contribution in [1.82, 2.24) is 5.32 Å². The van der Waals surface area contributed by atoms with Crippen molar-refractivity contribution in [3.8, 4) is 5.75 Å². The molecule has 14 heavy (non-hydrogen) atoms. The summed E-state index contributed by atoms with van der Waals surface area (Å²) in [6, 6.07) is 4.97. The largest absolute Gasteiger partial charge is 0.488 e. The van der Waals surface area contributed by atoms with E-state index < -0.39 is 0 Å². The first-order valence-electron chi connectivity index (χ1n) is 4.83. The summed E-state index contributed by atoms with van der Waals surface area (Å²) in [5, 5.41) is 3.14. The van der Waals surface area contributed by atoms with E-state index >= 15 is 0 Å². The predicted molar refractivity (Wildman–Crippen MR) is 53.0 cm³/mol. The Hall–Kier alpha value is -1.09. The first-order chi connectivity index (χ1) is 6.70. The van der Waals surface area contributed by atoms with Gasteiger partial charge in [-0.1, -0.05) is 0 Å². The van der Waals surface area contributed by atoms with Gasteiger partial charge in [0.1, 0.15) is 17.7 Å². The fourth-order valence-electron chi connectivity index (χ4n) is 1.71. The number of benzene rings is 1. The van der Waals surface area contributed by atoms with Gasteiger partial charge in [0.05, 0.1) is 0 Å². The van der Waals surface area contributed by atoms with Crippen LogP contribution in [0.4, 0.5) is 4.39 Å². The number of nitrogens with one attached hydrogen (secondary N) is 1. The van der Waals surface area contributed by atoms with E-state index in [-0.39, 0.29) is 18.0 Å². The molecule has 0 radical (unpaired) electrons. The SMILES string of the molecule is CNC(C)C1Cc2cc(F)ccc2O1. The topological polar surface area (TPSA) is 21.3 Å². The van der Waals surface area contributed by atoms with E-state index in [4.69, 9.17) is 4.74 Å². The molecule has 1 aliphatic heterocycles. The van der Waals surface area contributed by atoms with Gasteiger partial charge in [0.15, 0.2) is 0 Å². The molecule has 2 rings (SSSR count). The predicted octanol–water partition coefficient (Wildman–Crippen LogP) is 1.74. The second-order valence-electron chi connectivity index (χ2n) is 3.69. The Bertz CT molecular complexity index is 340. The van der Waals surface area contributed by atoms with Crippen LogP contribution >= 0.6 is 0 Å². The van der Waals surface area contributed by atoms with Crippen LogP contribution in [0.15, 0.2) is 18.2 Å². The van der Waals surface area contributed by atoms with Crippen LogP contribution in [0.25, 0.3) is 0 Å². The average molecular weight is 195 g/mol. The first-order valence-corrected chi connectivity index (χ1v) is 4.83. The number of rotatable bonds is 2. The standard InChI is InChI=1S/C11H14FNO/c1-7(13-2)11-6-8-5-9(12)3-4-10(8)14-11/h3-5,7,11,13H,6H2,1-2H3. The third kappa shape index (κ3) is 1.60. The van der Waals surface area contributed by atoms with Gasteiger partial charge < -0.3 is 10.1 Å². The molecular formula is C11H14FNO. The molecule has 0 aliphatic carbocycles. The summed E-state index contributed by atoms with van der Waals surface area (Å²) in [5.41, 5.74) is 0.970. The van der Waals surface area contributed by atoms with E-state index in [2.05, 4.69) is 12.2 Å². The Labute approximate surface area is 83.1 Å². The van der Waals surface area contributed by atoms with Gasteiger partial charge in [0, 0.05) is 18.0 Å². The van der Waals surface area contributed by atoms with Crippen molar-refractivity contribution in [2.45, 2.75) is 25.5 Å². The molecule has 1 aromatic carbocycles. The molecule has 2 nitrogen and oxygen atoms in total. The summed E-state index contributed by atoms with van der Waals surface area (Å²) in [7, 11) is 1.90. The van der Waals surface area contributed by atoms with Crippen molar-refractivity contribution in [3.63, 3.8) is 0 Å². The second-order valence-corrected chi connectivity index (χ2v) is 3.69. The molecule has 0 bridgehead atoms. The van der Waals surface area contributed by atoms with Crippen molar-refractivity contribution in [3.05, 3.63) is 29.6 Å². The summed E-state index contributed by atoms with van der Waals surface area (Å²) < 4.78 is 18.6. The highest BCUT2D eigenvalue weighted by Gasteiger charge is 2.26. The molecule has 0 saturated carbocycles. The van der Waals surface area contributed by atoms with Crippen LogP contribution in [0.3, 0.4) is 0 Å². The maximum atomic E-state index is 12.9. The third-order valence-corrected chi connectivity index (χ3v) is 2.73. The van der Waals surface area contributed by atoms with E-state index in [1.807, 2.05) is 7.05 Å². The highest BCUT2D eigenvalue weighted by atomic mass is 19.1. The first kappa shape index (κ1) is 9.46. The number of likely N-dealkylation sites (N-methyl/N-ethyl adjacent to an activating group) is 1. The van der Waals surface area contributed by atoms with E-state index in [9.17, 15) is 4.39 Å². The van der Waals surface area contributed by atoms with Crippen LogP contribution in [-0.4, -0.2) is 19.2 Å². The Morgan fingerprint density at radius 2 is 2.36 bits per heavy atom. The molecule has 2 atom stereocenters. The summed E-state index contributed by atoms with van der Waals surface area (Å²) >= 11 is 0. The normalized spacial score (nSPS) is 21.5. The highest BCUT2D eigenvalue weighted by Crippen LogP contribution is 2.30. The number of hydrogen-bond acceptors (Lipinski definition) is 2. The molecule has 0 spiro atoms. The molecule has 2 unspecified atom stereocenters. The van der Waals surface area contributed by atoms with Crippen LogP contribution in [0, 0.1) is 5.82 Å². The summed E-state index contributed by atoms with van der Waals surface area (Å²) in [6.07, 6.45) is 0.909. The zero-order valence-corrected chi connectivity index (χ0v) is 8.38. The average Bonchev–Trinajstić information content (AvgIpc) is 2.59. The van der Waals surface area contributed by atoms with Crippen molar-refractivity contribution in [1.29, 1.82) is 0 Å². The molecule has 1 aliphatic rings. The smallest absolute Gasteiger partial charge is 0.123 e. The van der Waals surface area contributed by atoms with Gasteiger partial charge in [-0.3, -0.25) is 0 Å². The highest BCUT2D eigenvalue weighted by molar-refractivity contribution is 5.38. The molecule has 1 N–H and O–H groups in total. The monoisotopic (exact) mass is 195 g/mol. The van der Waals surface area contributed by atoms with Crippen molar-refractivity contribution >= 4 is 0 Å². The van der Waals surface area contributed by atoms with Crippen LogP contribution in [-0.2, 0) is 6.42 Å². The minimum absolute atomic E-state index is 0.122. The maximum Gasteiger partial charge on any atom is 0.123 e. The van der Waals surface area contributed by atoms with Gasteiger partial charge in [0.25, 0.3) is 0 Å². The lowest BCUT2D eigenvalue weighted by atomic mass is 10.1. The minimum Gasteiger partial charge on any atom is -0.488 e. The zero-order chi connectivity index (χ0) is 10.1. The number of hydrogen-bond donors (Lipinski definition) is 1. The quantitative estimate of drug-likeness (QED) is 0.776. The van der Waals surface area contributed by atoms with E-state index in [1.165, 1.54) is 6.07 Å². The third-order valence-electron chi connectivity index (χ3n) is 2.73. The second kappa shape index (κ2) is 3.58. The lowest BCUT2D eigenvalue weighted by Crippen LogP contribution is -2.37. The minimum atomic E-state index is -0.190. The lowest BCUT2D eigenvalue weighted by Gasteiger charge is -2.17. The fourth-order valence-corrected chi connectivity index (χ4v) is 1.71. The van der Waals surface area contributed by atoms with Crippen LogP contribution < -0.4 is 10.1 Å². The number of halogens is 1. The summed E-state index contributed by atoms with van der Waals surface area (Å²) in [5.74, 6) is 0.628. The lowest BCUT2D eigenvalue weighted by molar-refractivity contribution is 0.191. The molecule has 3 heteroatoms. The van der Waals surface area contributed by atoms with Gasteiger partial charge >= 0.3 is 0 Å². The molecule has 0 amide bonds.